The second-order valence-corrected chi connectivity index (χ2v) is 23.1. The standard InChI is InChI=1S/4ClH.NO.Sb/c;;;;1-2;/h4*1H;;/q;;;;+1;+3/p-4. The van der Waals surface area contributed by atoms with Gasteiger partial charge in [0.05, 0.1) is 0 Å². The third-order valence-electron chi connectivity index (χ3n) is 0. The topological polar surface area (TPSA) is 43.7 Å². The van der Waals surface area contributed by atoms with Crippen LogP contribution in [0.2, 0.25) is 0 Å². The second-order valence-electron chi connectivity index (χ2n) is 0.383. The fourth-order valence-electron chi connectivity index (χ4n) is 0. The van der Waals surface area contributed by atoms with Gasteiger partial charge in [-0.05, 0) is 0 Å². The molecule has 0 amide bonds. The van der Waals surface area contributed by atoms with Gasteiger partial charge in [-0.15, -0.1) is 0 Å². The molecule has 0 aliphatic rings. The van der Waals surface area contributed by atoms with Crippen molar-refractivity contribution in [2.45, 2.75) is 0 Å². The van der Waals surface area contributed by atoms with Crippen LogP contribution in [0.4, 0.5) is 0 Å². The zero-order valence-electron chi connectivity index (χ0n) is 2.81. The quantitative estimate of drug-likeness (QED) is 0.499. The van der Waals surface area contributed by atoms with E-state index in [-0.39, 0.29) is 0 Å². The number of hydrogen-bond acceptors (Lipinski definition) is 1. The summed E-state index contributed by atoms with van der Waals surface area (Å²) in [5.74, 6) is 0. The molecule has 0 saturated heterocycles. The summed E-state index contributed by atoms with van der Waals surface area (Å²) < 4.78 is 7.25. The third-order valence-corrected chi connectivity index (χ3v) is 0. The molecule has 0 aliphatic carbocycles. The van der Waals surface area contributed by atoms with Crippen LogP contribution in [0, 0.1) is 5.46 Å². The van der Waals surface area contributed by atoms with Crippen LogP contribution in [0.3, 0.4) is 0 Å². The van der Waals surface area contributed by atoms with Crippen molar-refractivity contribution in [2.24, 2.45) is 0 Å². The Morgan fingerprint density at radius 2 is 1.00 bits per heavy atom. The van der Waals surface area contributed by atoms with E-state index in [1.165, 1.54) is 0 Å². The molecule has 0 spiro atoms. The molecule has 0 saturated carbocycles. The molecule has 0 atom stereocenters. The predicted octanol–water partition coefficient (Wildman–Crippen LogP) is 2.27. The summed E-state index contributed by atoms with van der Waals surface area (Å²) in [5, 5.41) is 0. The van der Waals surface area contributed by atoms with Crippen molar-refractivity contribution >= 4 is 49.6 Å². The summed E-state index contributed by atoms with van der Waals surface area (Å²) in [6, 6.07) is 0. The van der Waals surface area contributed by atoms with Crippen LogP contribution in [-0.4, -0.2) is 14.2 Å². The average molecular weight is 294 g/mol. The summed E-state index contributed by atoms with van der Waals surface area (Å²) in [7, 11) is 20.1. The van der Waals surface area contributed by atoms with Crippen molar-refractivity contribution < 1.29 is 4.77 Å². The first-order chi connectivity index (χ1) is 3.00. The normalized spacial score (nSPS) is 11.1. The van der Waals surface area contributed by atoms with E-state index in [9.17, 15) is 0 Å². The first-order valence-corrected chi connectivity index (χ1v) is 13.8. The molecular weight excluding hydrogens is 294 g/mol. The molecule has 0 fully saturated rings. The zero-order chi connectivity index (χ0) is 6.50. The molecule has 0 rings (SSSR count). The molecular formula is Cl4NOSb. The molecule has 7 heteroatoms. The Hall–Kier alpha value is 1.65. The minimum absolute atomic E-state index is 3.21. The van der Waals surface area contributed by atoms with Gasteiger partial charge >= 0.3 is 59.8 Å². The fourth-order valence-corrected chi connectivity index (χ4v) is 0. The molecule has 0 radical (unpaired) electrons. The van der Waals surface area contributed by atoms with Crippen LogP contribution in [0.1, 0.15) is 0 Å². The van der Waals surface area contributed by atoms with Crippen LogP contribution in [0.15, 0.2) is 0 Å². The van der Waals surface area contributed by atoms with Gasteiger partial charge in [0.2, 0.25) is 0 Å². The molecule has 0 aromatic carbocycles. The van der Waals surface area contributed by atoms with Crippen LogP contribution in [-0.2, 0) is 4.77 Å². The molecule has 0 aromatic rings. The van der Waals surface area contributed by atoms with Gasteiger partial charge in [0, 0.05) is 0 Å². The molecule has 0 bridgehead atoms. The SMILES string of the molecule is N#[O+].[Cl][Sb-]([Cl])([Cl])[Cl]. The minimum atomic E-state index is -3.21. The Balaban J connectivity index is 0. The molecule has 44 valence electrons. The monoisotopic (exact) mass is 291 g/mol. The van der Waals surface area contributed by atoms with Gasteiger partial charge in [-0.3, -0.25) is 0 Å². The molecule has 0 unspecified atom stereocenters. The maximum atomic E-state index is 7.25. The van der Waals surface area contributed by atoms with E-state index in [2.05, 4.69) is 0 Å². The summed E-state index contributed by atoms with van der Waals surface area (Å²) in [6.45, 7) is 0. The van der Waals surface area contributed by atoms with Gasteiger partial charge in [0.1, 0.15) is 0 Å². The second kappa shape index (κ2) is 5.78. The number of hydrogen-bond donors (Lipinski definition) is 0. The number of rotatable bonds is 0. The predicted molar refractivity (Wildman–Crippen MR) is 31.6 cm³/mol. The molecule has 0 heterocycles. The van der Waals surface area contributed by atoms with E-state index in [1.54, 1.807) is 0 Å². The average Bonchev–Trinajstić information content (AvgIpc) is 1.36. The van der Waals surface area contributed by atoms with Gasteiger partial charge in [-0.2, -0.15) is 0 Å². The molecule has 7 heavy (non-hydrogen) atoms. The molecule has 0 aliphatic heterocycles. The Morgan fingerprint density at radius 1 is 1.00 bits per heavy atom. The Kier molecular flexibility index (Phi) is 9.45. The fraction of sp³-hybridized carbons (Fsp3) is 0. The van der Waals surface area contributed by atoms with Crippen molar-refractivity contribution in [1.82, 2.24) is 0 Å². The van der Waals surface area contributed by atoms with Crippen molar-refractivity contribution in [2.75, 3.05) is 0 Å². The van der Waals surface area contributed by atoms with Gasteiger partial charge in [0.25, 0.3) is 0 Å². The van der Waals surface area contributed by atoms with Gasteiger partial charge < -0.3 is 0 Å². The maximum absolute atomic E-state index is 7.25. The van der Waals surface area contributed by atoms with Crippen LogP contribution in [0.25, 0.3) is 0 Å². The van der Waals surface area contributed by atoms with E-state index in [1.807, 2.05) is 0 Å². The molecule has 2 nitrogen and oxygen atoms in total. The Bertz CT molecular complexity index is 48.4. The first-order valence-electron chi connectivity index (χ1n) is 0.859. The Morgan fingerprint density at radius 3 is 1.00 bits per heavy atom. The van der Waals surface area contributed by atoms with E-state index >= 15 is 0 Å². The van der Waals surface area contributed by atoms with Crippen LogP contribution in [0.5, 0.6) is 0 Å². The zero-order valence-corrected chi connectivity index (χ0v) is 8.39. The molecule has 0 aromatic heterocycles. The summed E-state index contributed by atoms with van der Waals surface area (Å²) >= 11 is -3.21. The van der Waals surface area contributed by atoms with E-state index in [0.29, 0.717) is 0 Å². The number of halogens is 4. The Labute approximate surface area is 59.3 Å². The van der Waals surface area contributed by atoms with Crippen molar-refractivity contribution in [1.29, 1.82) is 5.46 Å². The summed E-state index contributed by atoms with van der Waals surface area (Å²) in [6.07, 6.45) is 0. The van der Waals surface area contributed by atoms with Crippen molar-refractivity contribution in [3.8, 4) is 0 Å². The van der Waals surface area contributed by atoms with Gasteiger partial charge in [-0.25, -0.2) is 0 Å². The van der Waals surface area contributed by atoms with Crippen molar-refractivity contribution in [3.63, 3.8) is 0 Å². The van der Waals surface area contributed by atoms with E-state index in [0.717, 1.165) is 0 Å². The summed E-state index contributed by atoms with van der Waals surface area (Å²) in [5.41, 5.74) is 5.75. The van der Waals surface area contributed by atoms with Crippen LogP contribution < -0.4 is 0 Å². The number of nitrogens with zero attached hydrogens (tertiary/aromatic N) is 1. The van der Waals surface area contributed by atoms with Crippen molar-refractivity contribution in [3.05, 3.63) is 0 Å². The summed E-state index contributed by atoms with van der Waals surface area (Å²) in [4.78, 5) is 0. The van der Waals surface area contributed by atoms with Gasteiger partial charge in [-0.1, -0.05) is 0 Å². The third kappa shape index (κ3) is 89.8. The van der Waals surface area contributed by atoms with E-state index < -0.39 is 14.2 Å². The van der Waals surface area contributed by atoms with Crippen LogP contribution >= 0.6 is 35.3 Å². The van der Waals surface area contributed by atoms with Gasteiger partial charge in [0.15, 0.2) is 0 Å². The molecule has 0 N–H and O–H groups in total. The first kappa shape index (κ1) is 11.4. The van der Waals surface area contributed by atoms with E-state index in [4.69, 9.17) is 45.6 Å².